The number of carbonyl (C=O) groups excluding carboxylic acids is 1. The molecule has 4 rings (SSSR count). The van der Waals surface area contributed by atoms with Crippen LogP contribution < -0.4 is 8.92 Å². The van der Waals surface area contributed by atoms with E-state index in [2.05, 4.69) is 4.57 Å². The highest BCUT2D eigenvalue weighted by molar-refractivity contribution is 7.86. The van der Waals surface area contributed by atoms with Gasteiger partial charge in [-0.2, -0.15) is 8.42 Å². The van der Waals surface area contributed by atoms with Crippen molar-refractivity contribution in [3.05, 3.63) is 60.3 Å². The normalized spacial score (nSPS) is 14.7. The van der Waals surface area contributed by atoms with Crippen LogP contribution in [0.4, 0.5) is 0 Å². The Morgan fingerprint density at radius 2 is 1.74 bits per heavy atom. The molecule has 3 aromatic rings. The van der Waals surface area contributed by atoms with Gasteiger partial charge in [-0.25, -0.2) is 0 Å². The van der Waals surface area contributed by atoms with E-state index in [1.165, 1.54) is 5.56 Å². The van der Waals surface area contributed by atoms with Crippen LogP contribution in [0, 0.1) is 5.92 Å². The minimum Gasteiger partial charge on any atom is -0.426 e. The Bertz CT molecular complexity index is 1160. The zero-order valence-electron chi connectivity index (χ0n) is 17.6. The monoisotopic (exact) mass is 441 g/mol. The molecule has 1 aliphatic carbocycles. The van der Waals surface area contributed by atoms with Crippen LogP contribution in [0.2, 0.25) is 0 Å². The van der Waals surface area contributed by atoms with Gasteiger partial charge >= 0.3 is 16.1 Å². The van der Waals surface area contributed by atoms with Crippen molar-refractivity contribution < 1.29 is 22.1 Å². The molecular formula is C24H27NO5S. The number of hydrogen-bond donors (Lipinski definition) is 0. The van der Waals surface area contributed by atoms with E-state index in [0.717, 1.165) is 62.2 Å². The molecule has 0 radical (unpaired) electrons. The van der Waals surface area contributed by atoms with Crippen LogP contribution in [0.25, 0.3) is 10.9 Å². The van der Waals surface area contributed by atoms with Gasteiger partial charge in [0.05, 0.1) is 12.2 Å². The molecule has 0 saturated heterocycles. The van der Waals surface area contributed by atoms with Crippen molar-refractivity contribution >= 4 is 27.0 Å². The third-order valence-corrected chi connectivity index (χ3v) is 6.18. The fourth-order valence-electron chi connectivity index (χ4n) is 4.14. The lowest BCUT2D eigenvalue weighted by molar-refractivity contribution is -0.138. The van der Waals surface area contributed by atoms with Crippen molar-refractivity contribution in [2.75, 3.05) is 6.26 Å². The van der Waals surface area contributed by atoms with Crippen LogP contribution in [-0.2, 0) is 27.9 Å². The van der Waals surface area contributed by atoms with E-state index in [4.69, 9.17) is 8.92 Å². The maximum Gasteiger partial charge on any atom is 0.314 e. The molecule has 1 fully saturated rings. The first-order valence-electron chi connectivity index (χ1n) is 10.7. The molecule has 6 nitrogen and oxygen atoms in total. The molecule has 0 amide bonds. The molecule has 31 heavy (non-hydrogen) atoms. The predicted octanol–water partition coefficient (Wildman–Crippen LogP) is 4.71. The Morgan fingerprint density at radius 3 is 2.45 bits per heavy atom. The fourth-order valence-corrected chi connectivity index (χ4v) is 4.59. The minimum atomic E-state index is -3.53. The molecule has 0 unspecified atom stereocenters. The van der Waals surface area contributed by atoms with Crippen molar-refractivity contribution in [3.63, 3.8) is 0 Å². The van der Waals surface area contributed by atoms with Gasteiger partial charge < -0.3 is 13.5 Å². The Kier molecular flexibility index (Phi) is 6.32. The van der Waals surface area contributed by atoms with Crippen molar-refractivity contribution in [1.29, 1.82) is 0 Å². The summed E-state index contributed by atoms with van der Waals surface area (Å²) in [6, 6.07) is 15.0. The summed E-state index contributed by atoms with van der Waals surface area (Å²) < 4.78 is 35.2. The summed E-state index contributed by atoms with van der Waals surface area (Å²) in [6.07, 6.45) is 9.01. The van der Waals surface area contributed by atoms with Gasteiger partial charge in [0.15, 0.2) is 0 Å². The molecule has 0 aliphatic heterocycles. The number of carbonyl (C=O) groups is 1. The lowest BCUT2D eigenvalue weighted by Crippen LogP contribution is -2.17. The summed E-state index contributed by atoms with van der Waals surface area (Å²) in [5, 5.41) is 0.939. The van der Waals surface area contributed by atoms with Gasteiger partial charge in [-0.15, -0.1) is 0 Å². The van der Waals surface area contributed by atoms with E-state index in [-0.39, 0.29) is 11.9 Å². The van der Waals surface area contributed by atoms with Crippen LogP contribution in [0.5, 0.6) is 11.5 Å². The van der Waals surface area contributed by atoms with Crippen LogP contribution in [-0.4, -0.2) is 25.2 Å². The molecule has 0 bridgehead atoms. The summed E-state index contributed by atoms with van der Waals surface area (Å²) in [5.41, 5.74) is 2.23. The molecule has 0 atom stereocenters. The van der Waals surface area contributed by atoms with Gasteiger partial charge in [0.1, 0.15) is 11.5 Å². The number of hydrogen-bond acceptors (Lipinski definition) is 5. The van der Waals surface area contributed by atoms with E-state index < -0.39 is 10.1 Å². The fraction of sp³-hybridized carbons (Fsp3) is 0.375. The summed E-state index contributed by atoms with van der Waals surface area (Å²) in [4.78, 5) is 12.1. The molecule has 1 aliphatic rings. The number of ether oxygens (including phenoxy) is 1. The van der Waals surface area contributed by atoms with Crippen LogP contribution in [0.3, 0.4) is 0 Å². The number of aryl methyl sites for hydroxylation is 2. The highest BCUT2D eigenvalue weighted by Gasteiger charge is 2.24. The second-order valence-corrected chi connectivity index (χ2v) is 9.74. The molecule has 164 valence electrons. The van der Waals surface area contributed by atoms with Crippen LogP contribution >= 0.6 is 0 Å². The maximum absolute atomic E-state index is 12.1. The van der Waals surface area contributed by atoms with E-state index in [1.54, 1.807) is 12.1 Å². The summed E-state index contributed by atoms with van der Waals surface area (Å²) >= 11 is 0. The average molecular weight is 442 g/mol. The maximum atomic E-state index is 12.1. The summed E-state index contributed by atoms with van der Waals surface area (Å²) in [5.74, 6) is 0.894. The van der Waals surface area contributed by atoms with Crippen LogP contribution in [0.15, 0.2) is 54.7 Å². The number of aromatic nitrogens is 1. The van der Waals surface area contributed by atoms with Gasteiger partial charge in [0.2, 0.25) is 0 Å². The van der Waals surface area contributed by atoms with E-state index >= 15 is 0 Å². The van der Waals surface area contributed by atoms with Gasteiger partial charge in [0.25, 0.3) is 0 Å². The van der Waals surface area contributed by atoms with Crippen molar-refractivity contribution in [2.24, 2.45) is 5.92 Å². The van der Waals surface area contributed by atoms with Crippen molar-refractivity contribution in [1.82, 2.24) is 4.57 Å². The van der Waals surface area contributed by atoms with Gasteiger partial charge in [0, 0.05) is 23.6 Å². The third-order valence-electron chi connectivity index (χ3n) is 5.68. The number of benzene rings is 2. The predicted molar refractivity (Wildman–Crippen MR) is 120 cm³/mol. The lowest BCUT2D eigenvalue weighted by atomic mass is 10.1. The SMILES string of the molecule is CS(=O)(=O)Oc1ccc2c(ccn2CCCc2ccc(OC(=O)C3CCCC3)cc2)c1. The van der Waals surface area contributed by atoms with E-state index in [1.807, 2.05) is 42.6 Å². The Balaban J connectivity index is 1.30. The first-order chi connectivity index (χ1) is 14.9. The molecule has 7 heteroatoms. The van der Waals surface area contributed by atoms with Crippen molar-refractivity contribution in [2.45, 2.75) is 45.1 Å². The average Bonchev–Trinajstić information content (AvgIpc) is 3.38. The highest BCUT2D eigenvalue weighted by Crippen LogP contribution is 2.27. The molecule has 0 N–H and O–H groups in total. The molecule has 0 spiro atoms. The number of esters is 1. The molecule has 1 heterocycles. The quantitative estimate of drug-likeness (QED) is 0.288. The largest absolute Gasteiger partial charge is 0.426 e. The summed E-state index contributed by atoms with van der Waals surface area (Å²) in [6.45, 7) is 0.841. The Labute approximate surface area is 182 Å². The second kappa shape index (κ2) is 9.14. The molecule has 1 saturated carbocycles. The molecular weight excluding hydrogens is 414 g/mol. The van der Waals surface area contributed by atoms with Gasteiger partial charge in [-0.3, -0.25) is 4.79 Å². The first kappa shape index (κ1) is 21.4. The first-order valence-corrected chi connectivity index (χ1v) is 12.5. The molecule has 2 aromatic carbocycles. The van der Waals surface area contributed by atoms with E-state index in [0.29, 0.717) is 11.5 Å². The standard InChI is InChI=1S/C24H27NO5S/c1-31(27,28)30-22-12-13-23-20(17-22)14-16-25(23)15-4-5-18-8-10-21(11-9-18)29-24(26)19-6-2-3-7-19/h8-14,16-17,19H,2-7,15H2,1H3. The molecule has 1 aromatic heterocycles. The number of rotatable bonds is 8. The Morgan fingerprint density at radius 1 is 1.03 bits per heavy atom. The Hall–Kier alpha value is -2.80. The van der Waals surface area contributed by atoms with Gasteiger partial charge in [-0.1, -0.05) is 25.0 Å². The topological polar surface area (TPSA) is 74.6 Å². The second-order valence-electron chi connectivity index (χ2n) is 8.17. The zero-order chi connectivity index (χ0) is 21.8. The van der Waals surface area contributed by atoms with Gasteiger partial charge in [-0.05, 0) is 67.6 Å². The smallest absolute Gasteiger partial charge is 0.314 e. The summed E-state index contributed by atoms with van der Waals surface area (Å²) in [7, 11) is -3.53. The van der Waals surface area contributed by atoms with Crippen LogP contribution in [0.1, 0.15) is 37.7 Å². The highest BCUT2D eigenvalue weighted by atomic mass is 32.2. The lowest BCUT2D eigenvalue weighted by Gasteiger charge is -2.10. The number of fused-ring (bicyclic) bond motifs is 1. The van der Waals surface area contributed by atoms with E-state index in [9.17, 15) is 13.2 Å². The third kappa shape index (κ3) is 5.67. The van der Waals surface area contributed by atoms with Crippen molar-refractivity contribution in [3.8, 4) is 11.5 Å². The minimum absolute atomic E-state index is 0.0603. The zero-order valence-corrected chi connectivity index (χ0v) is 18.4. The number of nitrogens with zero attached hydrogens (tertiary/aromatic N) is 1.